The van der Waals surface area contributed by atoms with Crippen LogP contribution < -0.4 is 0 Å². The summed E-state index contributed by atoms with van der Waals surface area (Å²) in [5.41, 5.74) is 0.597. The normalized spacial score (nSPS) is 12.1. The first-order chi connectivity index (χ1) is 6.91. The first-order valence-corrected chi connectivity index (χ1v) is 5.09. The van der Waals surface area contributed by atoms with Gasteiger partial charge in [0.2, 0.25) is 0 Å². The van der Waals surface area contributed by atoms with Gasteiger partial charge in [0, 0.05) is 4.83 Å². The predicted octanol–water partition coefficient (Wildman–Crippen LogP) is 2.54. The van der Waals surface area contributed by atoms with Crippen LogP contribution in [0.3, 0.4) is 0 Å². The Morgan fingerprint density at radius 1 is 1.13 bits per heavy atom. The molecule has 2 N–H and O–H groups in total. The molecule has 0 amide bonds. The van der Waals surface area contributed by atoms with Gasteiger partial charge in [0.15, 0.2) is 0 Å². The predicted molar refractivity (Wildman–Crippen MR) is 57.7 cm³/mol. The van der Waals surface area contributed by atoms with E-state index < -0.39 is 11.9 Å². The van der Waals surface area contributed by atoms with Gasteiger partial charge in [0.05, 0.1) is 11.1 Å². The fourth-order valence-electron chi connectivity index (χ4n) is 1.13. The second-order valence-electron chi connectivity index (χ2n) is 3.07. The van der Waals surface area contributed by atoms with Crippen molar-refractivity contribution < 1.29 is 19.8 Å². The van der Waals surface area contributed by atoms with Crippen LogP contribution >= 0.6 is 15.9 Å². The van der Waals surface area contributed by atoms with E-state index in [1.165, 1.54) is 12.1 Å². The molecule has 15 heavy (non-hydrogen) atoms. The first-order valence-electron chi connectivity index (χ1n) is 4.17. The third kappa shape index (κ3) is 2.79. The average molecular weight is 273 g/mol. The summed E-state index contributed by atoms with van der Waals surface area (Å²) in [5, 5.41) is 17.6. The van der Waals surface area contributed by atoms with Crippen LogP contribution in [-0.2, 0) is 0 Å². The number of carbonyl (C=O) groups is 2. The third-order valence-electron chi connectivity index (χ3n) is 1.91. The summed E-state index contributed by atoms with van der Waals surface area (Å²) >= 11 is 3.26. The average Bonchev–Trinajstić information content (AvgIpc) is 2.16. The van der Waals surface area contributed by atoms with Gasteiger partial charge in [0.25, 0.3) is 0 Å². The molecule has 4 nitrogen and oxygen atoms in total. The molecule has 0 bridgehead atoms. The zero-order valence-electron chi connectivity index (χ0n) is 7.90. The number of benzene rings is 1. The molecule has 0 fully saturated rings. The number of hydrogen-bond donors (Lipinski definition) is 2. The molecule has 1 atom stereocenters. The van der Waals surface area contributed by atoms with Crippen molar-refractivity contribution >= 4 is 27.9 Å². The minimum Gasteiger partial charge on any atom is -0.478 e. The highest BCUT2D eigenvalue weighted by molar-refractivity contribution is 9.09. The van der Waals surface area contributed by atoms with E-state index in [0.29, 0.717) is 5.56 Å². The van der Waals surface area contributed by atoms with Gasteiger partial charge in [-0.3, -0.25) is 0 Å². The highest BCUT2D eigenvalue weighted by Gasteiger charge is 2.13. The van der Waals surface area contributed by atoms with Crippen molar-refractivity contribution in [3.05, 3.63) is 34.9 Å². The summed E-state index contributed by atoms with van der Waals surface area (Å²) in [6, 6.07) is 4.05. The van der Waals surface area contributed by atoms with Gasteiger partial charge in [-0.25, -0.2) is 9.59 Å². The SMILES string of the molecule is CC(Br)c1cc(C(=O)O)cc(C(=O)O)c1. The number of aromatic carboxylic acids is 2. The van der Waals surface area contributed by atoms with Crippen LogP contribution in [0, 0.1) is 0 Å². The van der Waals surface area contributed by atoms with Crippen LogP contribution in [0.15, 0.2) is 18.2 Å². The summed E-state index contributed by atoms with van der Waals surface area (Å²) in [6.45, 7) is 1.80. The maximum absolute atomic E-state index is 10.7. The molecule has 0 spiro atoms. The molecular weight excluding hydrogens is 264 g/mol. The quantitative estimate of drug-likeness (QED) is 0.830. The second-order valence-corrected chi connectivity index (χ2v) is 4.44. The van der Waals surface area contributed by atoms with Crippen molar-refractivity contribution in [2.45, 2.75) is 11.8 Å². The van der Waals surface area contributed by atoms with E-state index in [0.717, 1.165) is 6.07 Å². The van der Waals surface area contributed by atoms with E-state index in [9.17, 15) is 9.59 Å². The lowest BCUT2D eigenvalue weighted by Gasteiger charge is -2.06. The first kappa shape index (κ1) is 11.7. The molecule has 0 saturated carbocycles. The minimum atomic E-state index is -1.13. The van der Waals surface area contributed by atoms with Gasteiger partial charge >= 0.3 is 11.9 Å². The Labute approximate surface area is 94.7 Å². The topological polar surface area (TPSA) is 74.6 Å². The Kier molecular flexibility index (Phi) is 3.47. The molecular formula is C10H9BrO4. The molecule has 0 radical (unpaired) electrons. The maximum Gasteiger partial charge on any atom is 0.335 e. The summed E-state index contributed by atoms with van der Waals surface area (Å²) in [4.78, 5) is 21.4. The van der Waals surface area contributed by atoms with Gasteiger partial charge in [0.1, 0.15) is 0 Å². The number of carboxylic acid groups (broad SMARTS) is 2. The molecule has 0 saturated heterocycles. The molecule has 0 aliphatic rings. The van der Waals surface area contributed by atoms with E-state index in [1.807, 2.05) is 0 Å². The highest BCUT2D eigenvalue weighted by Crippen LogP contribution is 2.24. The number of rotatable bonds is 3. The van der Waals surface area contributed by atoms with Gasteiger partial charge in [-0.2, -0.15) is 0 Å². The zero-order valence-corrected chi connectivity index (χ0v) is 9.48. The van der Waals surface area contributed by atoms with Crippen LogP contribution in [-0.4, -0.2) is 22.2 Å². The molecule has 0 heterocycles. The number of hydrogen-bond acceptors (Lipinski definition) is 2. The number of halogens is 1. The summed E-state index contributed by atoms with van der Waals surface area (Å²) < 4.78 is 0. The van der Waals surface area contributed by atoms with E-state index in [4.69, 9.17) is 10.2 Å². The summed E-state index contributed by atoms with van der Waals surface area (Å²) in [5.74, 6) is -2.26. The molecule has 80 valence electrons. The molecule has 0 aliphatic heterocycles. The van der Waals surface area contributed by atoms with Crippen molar-refractivity contribution in [3.63, 3.8) is 0 Å². The van der Waals surface area contributed by atoms with Crippen molar-refractivity contribution in [2.24, 2.45) is 0 Å². The lowest BCUT2D eigenvalue weighted by Crippen LogP contribution is -2.04. The van der Waals surface area contributed by atoms with E-state index in [-0.39, 0.29) is 16.0 Å². The van der Waals surface area contributed by atoms with Crippen molar-refractivity contribution in [2.75, 3.05) is 0 Å². The Bertz CT molecular complexity index is 380. The Morgan fingerprint density at radius 2 is 1.53 bits per heavy atom. The van der Waals surface area contributed by atoms with Crippen LogP contribution in [0.25, 0.3) is 0 Å². The highest BCUT2D eigenvalue weighted by atomic mass is 79.9. The molecule has 5 heteroatoms. The van der Waals surface area contributed by atoms with E-state index >= 15 is 0 Å². The Hall–Kier alpha value is -1.36. The molecule has 0 aliphatic carbocycles. The minimum absolute atomic E-state index is 0.0174. The fourth-order valence-corrected chi connectivity index (χ4v) is 1.39. The standard InChI is InChI=1S/C10H9BrO4/c1-5(11)6-2-7(9(12)13)4-8(3-6)10(14)15/h2-5H,1H3,(H,12,13)(H,14,15). The molecule has 1 aromatic rings. The number of carboxylic acids is 2. The largest absolute Gasteiger partial charge is 0.478 e. The van der Waals surface area contributed by atoms with Crippen molar-refractivity contribution in [1.82, 2.24) is 0 Å². The monoisotopic (exact) mass is 272 g/mol. The van der Waals surface area contributed by atoms with Crippen LogP contribution in [0.4, 0.5) is 0 Å². The lowest BCUT2D eigenvalue weighted by molar-refractivity contribution is 0.0696. The molecule has 1 unspecified atom stereocenters. The second kappa shape index (κ2) is 4.44. The van der Waals surface area contributed by atoms with Gasteiger partial charge < -0.3 is 10.2 Å². The summed E-state index contributed by atoms with van der Waals surface area (Å²) in [6.07, 6.45) is 0. The fraction of sp³-hybridized carbons (Fsp3) is 0.200. The van der Waals surface area contributed by atoms with Crippen LogP contribution in [0.5, 0.6) is 0 Å². The van der Waals surface area contributed by atoms with E-state index in [1.54, 1.807) is 6.92 Å². The number of alkyl halides is 1. The van der Waals surface area contributed by atoms with Gasteiger partial charge in [-0.05, 0) is 30.7 Å². The van der Waals surface area contributed by atoms with Crippen molar-refractivity contribution in [3.8, 4) is 0 Å². The Morgan fingerprint density at radius 3 is 1.80 bits per heavy atom. The van der Waals surface area contributed by atoms with E-state index in [2.05, 4.69) is 15.9 Å². The van der Waals surface area contributed by atoms with Crippen molar-refractivity contribution in [1.29, 1.82) is 0 Å². The van der Waals surface area contributed by atoms with Crippen LogP contribution in [0.2, 0.25) is 0 Å². The van der Waals surface area contributed by atoms with Gasteiger partial charge in [-0.1, -0.05) is 15.9 Å². The summed E-state index contributed by atoms with van der Waals surface area (Å²) in [7, 11) is 0. The van der Waals surface area contributed by atoms with Gasteiger partial charge in [-0.15, -0.1) is 0 Å². The molecule has 1 aromatic carbocycles. The third-order valence-corrected chi connectivity index (χ3v) is 2.44. The maximum atomic E-state index is 10.7. The Balaban J connectivity index is 3.32. The molecule has 1 rings (SSSR count). The zero-order chi connectivity index (χ0) is 11.6. The molecule has 0 aromatic heterocycles. The smallest absolute Gasteiger partial charge is 0.335 e. The lowest BCUT2D eigenvalue weighted by atomic mass is 10.0. The van der Waals surface area contributed by atoms with Crippen LogP contribution in [0.1, 0.15) is 38.0 Å².